The van der Waals surface area contributed by atoms with Crippen LogP contribution in [0, 0.1) is 10.1 Å². The van der Waals surface area contributed by atoms with Crippen molar-refractivity contribution in [2.24, 2.45) is 0 Å². The predicted octanol–water partition coefficient (Wildman–Crippen LogP) is 4.07. The van der Waals surface area contributed by atoms with E-state index in [9.17, 15) is 10.1 Å². The van der Waals surface area contributed by atoms with Crippen LogP contribution in [0.25, 0.3) is 0 Å². The van der Waals surface area contributed by atoms with E-state index in [-0.39, 0.29) is 22.7 Å². The van der Waals surface area contributed by atoms with Crippen molar-refractivity contribution in [2.45, 2.75) is 25.9 Å². The summed E-state index contributed by atoms with van der Waals surface area (Å²) in [6.45, 7) is 4.11. The maximum atomic E-state index is 10.8. The van der Waals surface area contributed by atoms with Gasteiger partial charge >= 0.3 is 0 Å². The highest BCUT2D eigenvalue weighted by atomic mass is 32.1. The Balaban J connectivity index is 2.09. The minimum atomic E-state index is -0.362. The molecule has 0 saturated carbocycles. The summed E-state index contributed by atoms with van der Waals surface area (Å²) in [5.74, 6) is 0. The SMILES string of the molecule is CC(NC(C)c1cccs1)c1cccc([N+](=O)[O-])c1. The molecule has 4 nitrogen and oxygen atoms in total. The van der Waals surface area contributed by atoms with Crippen molar-refractivity contribution in [1.82, 2.24) is 5.32 Å². The zero-order chi connectivity index (χ0) is 13.8. The van der Waals surface area contributed by atoms with Crippen LogP contribution in [-0.2, 0) is 0 Å². The molecule has 0 amide bonds. The van der Waals surface area contributed by atoms with Gasteiger partial charge in [0.15, 0.2) is 0 Å². The van der Waals surface area contributed by atoms with E-state index in [0.717, 1.165) is 5.56 Å². The molecule has 19 heavy (non-hydrogen) atoms. The molecule has 2 unspecified atom stereocenters. The van der Waals surface area contributed by atoms with Gasteiger partial charge in [0, 0.05) is 29.1 Å². The topological polar surface area (TPSA) is 55.2 Å². The highest BCUT2D eigenvalue weighted by Gasteiger charge is 2.14. The highest BCUT2D eigenvalue weighted by Crippen LogP contribution is 2.24. The molecule has 1 aromatic heterocycles. The number of hydrogen-bond donors (Lipinski definition) is 1. The fourth-order valence-electron chi connectivity index (χ4n) is 2.00. The molecule has 1 N–H and O–H groups in total. The smallest absolute Gasteiger partial charge is 0.269 e. The number of nitrogens with one attached hydrogen (secondary N) is 1. The molecule has 1 aromatic carbocycles. The number of thiophene rings is 1. The first kappa shape index (κ1) is 13.7. The maximum absolute atomic E-state index is 10.8. The Morgan fingerprint density at radius 2 is 2.00 bits per heavy atom. The molecular weight excluding hydrogens is 260 g/mol. The second kappa shape index (κ2) is 5.95. The molecule has 2 rings (SSSR count). The van der Waals surface area contributed by atoms with Gasteiger partial charge in [-0.25, -0.2) is 0 Å². The van der Waals surface area contributed by atoms with Gasteiger partial charge in [-0.1, -0.05) is 18.2 Å². The van der Waals surface area contributed by atoms with Crippen LogP contribution >= 0.6 is 11.3 Å². The lowest BCUT2D eigenvalue weighted by Gasteiger charge is -2.19. The summed E-state index contributed by atoms with van der Waals surface area (Å²) in [5.41, 5.74) is 1.06. The fraction of sp³-hybridized carbons (Fsp3) is 0.286. The lowest BCUT2D eigenvalue weighted by atomic mass is 10.1. The van der Waals surface area contributed by atoms with Crippen molar-refractivity contribution in [3.05, 3.63) is 62.3 Å². The molecule has 0 bridgehead atoms. The molecule has 0 fully saturated rings. The van der Waals surface area contributed by atoms with E-state index in [4.69, 9.17) is 0 Å². The van der Waals surface area contributed by atoms with Gasteiger partial charge in [0.25, 0.3) is 5.69 Å². The molecular formula is C14H16N2O2S. The third-order valence-corrected chi connectivity index (χ3v) is 4.11. The van der Waals surface area contributed by atoms with Gasteiger partial charge in [0.2, 0.25) is 0 Å². The Morgan fingerprint density at radius 1 is 1.21 bits per heavy atom. The molecule has 0 aliphatic carbocycles. The van der Waals surface area contributed by atoms with Gasteiger partial charge in [0.05, 0.1) is 4.92 Å². The normalized spacial score (nSPS) is 14.0. The molecule has 0 saturated heterocycles. The highest BCUT2D eigenvalue weighted by molar-refractivity contribution is 7.10. The number of benzene rings is 1. The Morgan fingerprint density at radius 3 is 2.63 bits per heavy atom. The summed E-state index contributed by atoms with van der Waals surface area (Å²) < 4.78 is 0. The van der Waals surface area contributed by atoms with Crippen LogP contribution in [0.4, 0.5) is 5.69 Å². The number of nitrogens with zero attached hydrogens (tertiary/aromatic N) is 1. The molecule has 1 heterocycles. The van der Waals surface area contributed by atoms with Gasteiger partial charge < -0.3 is 5.32 Å². The van der Waals surface area contributed by atoms with Gasteiger partial charge in [-0.15, -0.1) is 11.3 Å². The number of non-ortho nitro benzene ring substituents is 1. The molecule has 0 aliphatic rings. The van der Waals surface area contributed by atoms with Crippen LogP contribution in [0.2, 0.25) is 0 Å². The molecule has 0 radical (unpaired) electrons. The lowest BCUT2D eigenvalue weighted by Crippen LogP contribution is -2.21. The summed E-state index contributed by atoms with van der Waals surface area (Å²) in [7, 11) is 0. The van der Waals surface area contributed by atoms with E-state index in [0.29, 0.717) is 0 Å². The second-order valence-electron chi connectivity index (χ2n) is 4.48. The van der Waals surface area contributed by atoms with E-state index in [1.54, 1.807) is 23.5 Å². The van der Waals surface area contributed by atoms with E-state index in [2.05, 4.69) is 18.3 Å². The largest absolute Gasteiger partial charge is 0.303 e. The molecule has 2 aromatic rings. The molecule has 2 atom stereocenters. The van der Waals surface area contributed by atoms with E-state index in [1.807, 2.05) is 24.4 Å². The number of nitro groups is 1. The Bertz CT molecular complexity index is 554. The summed E-state index contributed by atoms with van der Waals surface area (Å²) in [6.07, 6.45) is 0. The van der Waals surface area contributed by atoms with Crippen LogP contribution in [0.1, 0.15) is 36.4 Å². The van der Waals surface area contributed by atoms with Crippen molar-refractivity contribution < 1.29 is 4.92 Å². The zero-order valence-corrected chi connectivity index (χ0v) is 11.7. The average Bonchev–Trinajstić information content (AvgIpc) is 2.92. The minimum absolute atomic E-state index is 0.0667. The van der Waals surface area contributed by atoms with Crippen molar-refractivity contribution in [1.29, 1.82) is 0 Å². The summed E-state index contributed by atoms with van der Waals surface area (Å²) >= 11 is 1.71. The Kier molecular flexibility index (Phi) is 4.29. The van der Waals surface area contributed by atoms with E-state index in [1.165, 1.54) is 10.9 Å². The van der Waals surface area contributed by atoms with E-state index >= 15 is 0 Å². The minimum Gasteiger partial charge on any atom is -0.303 e. The van der Waals surface area contributed by atoms with Crippen LogP contribution in [0.15, 0.2) is 41.8 Å². The summed E-state index contributed by atoms with van der Waals surface area (Å²) in [4.78, 5) is 11.7. The maximum Gasteiger partial charge on any atom is 0.269 e. The lowest BCUT2D eigenvalue weighted by molar-refractivity contribution is -0.384. The monoisotopic (exact) mass is 276 g/mol. The predicted molar refractivity (Wildman–Crippen MR) is 77.4 cm³/mol. The summed E-state index contributed by atoms with van der Waals surface area (Å²) in [5, 5.41) is 16.3. The van der Waals surface area contributed by atoms with Gasteiger partial charge in [-0.2, -0.15) is 0 Å². The van der Waals surface area contributed by atoms with Gasteiger partial charge in [-0.3, -0.25) is 10.1 Å². The first-order valence-corrected chi connectivity index (χ1v) is 6.99. The average molecular weight is 276 g/mol. The zero-order valence-electron chi connectivity index (χ0n) is 10.9. The first-order chi connectivity index (χ1) is 9.08. The third-order valence-electron chi connectivity index (χ3n) is 3.05. The van der Waals surface area contributed by atoms with Crippen LogP contribution in [0.3, 0.4) is 0 Å². The van der Waals surface area contributed by atoms with Crippen LogP contribution < -0.4 is 5.32 Å². The van der Waals surface area contributed by atoms with E-state index < -0.39 is 0 Å². The standard InChI is InChI=1S/C14H16N2O2S/c1-10(15-11(2)14-7-4-8-19-14)12-5-3-6-13(9-12)16(17)18/h3-11,15H,1-2H3. The van der Waals surface area contributed by atoms with Crippen molar-refractivity contribution in [3.63, 3.8) is 0 Å². The van der Waals surface area contributed by atoms with Gasteiger partial charge in [0.1, 0.15) is 0 Å². The fourth-order valence-corrected chi connectivity index (χ4v) is 2.74. The van der Waals surface area contributed by atoms with Crippen LogP contribution in [0.5, 0.6) is 0 Å². The molecule has 5 heteroatoms. The number of rotatable bonds is 5. The summed E-state index contributed by atoms with van der Waals surface area (Å²) in [6, 6.07) is 11.2. The third kappa shape index (κ3) is 3.39. The second-order valence-corrected chi connectivity index (χ2v) is 5.46. The van der Waals surface area contributed by atoms with Crippen molar-refractivity contribution in [2.75, 3.05) is 0 Å². The first-order valence-electron chi connectivity index (χ1n) is 6.11. The van der Waals surface area contributed by atoms with Crippen molar-refractivity contribution in [3.8, 4) is 0 Å². The molecule has 0 spiro atoms. The Labute approximate surface area is 116 Å². The van der Waals surface area contributed by atoms with Crippen molar-refractivity contribution >= 4 is 17.0 Å². The quantitative estimate of drug-likeness (QED) is 0.661. The number of nitro benzene ring substituents is 1. The molecule has 0 aliphatic heterocycles. The molecule has 100 valence electrons. The Hall–Kier alpha value is -1.72. The number of hydrogen-bond acceptors (Lipinski definition) is 4. The van der Waals surface area contributed by atoms with Crippen LogP contribution in [-0.4, -0.2) is 4.92 Å². The van der Waals surface area contributed by atoms with Gasteiger partial charge in [-0.05, 0) is 30.9 Å².